The Labute approximate surface area is 398 Å². The Morgan fingerprint density at radius 3 is 1.22 bits per heavy atom. The summed E-state index contributed by atoms with van der Waals surface area (Å²) in [4.78, 5) is 2.38. The predicted molar refractivity (Wildman–Crippen MR) is 283 cm³/mol. The van der Waals surface area contributed by atoms with Gasteiger partial charge in [0.1, 0.15) is 11.5 Å². The minimum absolute atomic E-state index is 0.126. The maximum absolute atomic E-state index is 7.13. The molecule has 68 heavy (non-hydrogen) atoms. The summed E-state index contributed by atoms with van der Waals surface area (Å²) >= 11 is 0. The van der Waals surface area contributed by atoms with Crippen LogP contribution >= 0.6 is 0 Å². The molecule has 11 aromatic carbocycles. The molecule has 1 heterocycles. The first-order valence-electron chi connectivity index (χ1n) is 23.6. The second-order valence-corrected chi connectivity index (χ2v) is 18.9. The van der Waals surface area contributed by atoms with Crippen LogP contribution in [-0.2, 0) is 10.8 Å². The molecule has 0 fully saturated rings. The van der Waals surface area contributed by atoms with Crippen LogP contribution in [0.2, 0.25) is 0 Å². The first-order chi connectivity index (χ1) is 33.4. The molecular weight excluding hydrogens is 823 g/mol. The molecule has 0 amide bonds. The minimum atomic E-state index is -0.758. The molecule has 0 radical (unpaired) electrons. The van der Waals surface area contributed by atoms with E-state index in [2.05, 4.69) is 267 Å². The van der Waals surface area contributed by atoms with Crippen molar-refractivity contribution < 1.29 is 4.74 Å². The summed E-state index contributed by atoms with van der Waals surface area (Å²) in [5.41, 5.74) is 17.0. The van der Waals surface area contributed by atoms with E-state index >= 15 is 0 Å². The number of nitrogens with zero attached hydrogens (tertiary/aromatic N) is 1. The lowest BCUT2D eigenvalue weighted by molar-refractivity contribution is 0.436. The van der Waals surface area contributed by atoms with E-state index in [9.17, 15) is 0 Å². The molecule has 2 heteroatoms. The fraction of sp³-hybridized carbons (Fsp3) is 0.0606. The highest BCUT2D eigenvalue weighted by atomic mass is 16.5. The van der Waals surface area contributed by atoms with Crippen LogP contribution in [0.4, 0.5) is 17.1 Å². The summed E-state index contributed by atoms with van der Waals surface area (Å²) in [5.74, 6) is 1.74. The average molecular weight is 870 g/mol. The fourth-order valence-electron chi connectivity index (χ4n) is 11.4. The van der Waals surface area contributed by atoms with Gasteiger partial charge in [0.25, 0.3) is 0 Å². The SMILES string of the molecule is CC1(C)c2ccccc2-c2cc(C3(c4ccc(N(c5ccc(-c6ccccc6)cc5)c5ccc(-c6ccccc6)cc5)cc4)c4cc5ccccc5cc4Oc4cc5ccccc5cc43)ccc21. The van der Waals surface area contributed by atoms with Gasteiger partial charge >= 0.3 is 0 Å². The number of benzene rings is 11. The van der Waals surface area contributed by atoms with Crippen molar-refractivity contribution in [3.8, 4) is 44.9 Å². The van der Waals surface area contributed by atoms with E-state index in [0.717, 1.165) is 50.5 Å². The van der Waals surface area contributed by atoms with Gasteiger partial charge in [-0.25, -0.2) is 0 Å². The summed E-state index contributed by atoms with van der Waals surface area (Å²) in [6.07, 6.45) is 0. The average Bonchev–Trinajstić information content (AvgIpc) is 3.63. The first kappa shape index (κ1) is 39.9. The molecule has 0 saturated heterocycles. The molecule has 322 valence electrons. The van der Waals surface area contributed by atoms with Gasteiger partial charge in [0.2, 0.25) is 0 Å². The minimum Gasteiger partial charge on any atom is -0.457 e. The number of fused-ring (bicyclic) bond motifs is 7. The zero-order valence-electron chi connectivity index (χ0n) is 38.0. The van der Waals surface area contributed by atoms with Gasteiger partial charge in [0.05, 0.1) is 5.41 Å². The quantitative estimate of drug-likeness (QED) is 0.158. The van der Waals surface area contributed by atoms with Crippen molar-refractivity contribution in [1.82, 2.24) is 0 Å². The van der Waals surface area contributed by atoms with Gasteiger partial charge in [-0.05, 0) is 144 Å². The van der Waals surface area contributed by atoms with Crippen molar-refractivity contribution in [2.75, 3.05) is 4.90 Å². The van der Waals surface area contributed by atoms with Gasteiger partial charge in [0.15, 0.2) is 0 Å². The third kappa shape index (κ3) is 6.25. The lowest BCUT2D eigenvalue weighted by Crippen LogP contribution is -2.34. The Bertz CT molecular complexity index is 3540. The molecule has 1 aliphatic carbocycles. The number of hydrogen-bond acceptors (Lipinski definition) is 2. The summed E-state index contributed by atoms with van der Waals surface area (Å²) in [7, 11) is 0. The van der Waals surface area contributed by atoms with Crippen LogP contribution in [0.25, 0.3) is 54.9 Å². The highest BCUT2D eigenvalue weighted by molar-refractivity contribution is 5.92. The van der Waals surface area contributed by atoms with Gasteiger partial charge in [-0.1, -0.05) is 196 Å². The number of anilines is 3. The third-order valence-corrected chi connectivity index (χ3v) is 14.8. The molecule has 0 atom stereocenters. The zero-order valence-corrected chi connectivity index (χ0v) is 38.0. The van der Waals surface area contributed by atoms with Crippen LogP contribution in [0.15, 0.2) is 249 Å². The Balaban J connectivity index is 1.05. The molecule has 11 aromatic rings. The van der Waals surface area contributed by atoms with Crippen molar-refractivity contribution in [3.63, 3.8) is 0 Å². The lowest BCUT2D eigenvalue weighted by Gasteiger charge is -2.42. The van der Waals surface area contributed by atoms with Crippen LogP contribution in [0, 0.1) is 0 Å². The van der Waals surface area contributed by atoms with E-state index in [4.69, 9.17) is 4.74 Å². The second-order valence-electron chi connectivity index (χ2n) is 18.9. The second kappa shape index (κ2) is 15.6. The van der Waals surface area contributed by atoms with E-state index in [1.165, 1.54) is 66.4 Å². The summed E-state index contributed by atoms with van der Waals surface area (Å²) in [6.45, 7) is 4.72. The highest BCUT2D eigenvalue weighted by Gasteiger charge is 2.47. The molecule has 0 saturated carbocycles. The Morgan fingerprint density at radius 1 is 0.309 bits per heavy atom. The Morgan fingerprint density at radius 2 is 0.706 bits per heavy atom. The summed E-state index contributed by atoms with van der Waals surface area (Å²) in [6, 6.07) is 91.3. The monoisotopic (exact) mass is 869 g/mol. The van der Waals surface area contributed by atoms with Gasteiger partial charge in [-0.3, -0.25) is 0 Å². The summed E-state index contributed by atoms with van der Waals surface area (Å²) < 4.78 is 7.13. The molecule has 2 nitrogen and oxygen atoms in total. The number of ether oxygens (including phenoxy) is 1. The predicted octanol–water partition coefficient (Wildman–Crippen LogP) is 17.6. The molecule has 0 bridgehead atoms. The van der Waals surface area contributed by atoms with Gasteiger partial charge < -0.3 is 9.64 Å². The zero-order chi connectivity index (χ0) is 45.4. The first-order valence-corrected chi connectivity index (χ1v) is 23.6. The van der Waals surface area contributed by atoms with Crippen LogP contribution in [0.3, 0.4) is 0 Å². The third-order valence-electron chi connectivity index (χ3n) is 14.8. The van der Waals surface area contributed by atoms with E-state index in [1.807, 2.05) is 0 Å². The maximum Gasteiger partial charge on any atom is 0.132 e. The fourth-order valence-corrected chi connectivity index (χ4v) is 11.4. The maximum atomic E-state index is 7.13. The van der Waals surface area contributed by atoms with E-state index < -0.39 is 5.41 Å². The number of hydrogen-bond donors (Lipinski definition) is 0. The smallest absolute Gasteiger partial charge is 0.132 e. The molecule has 0 aromatic heterocycles. The molecular formula is C66H47NO. The summed E-state index contributed by atoms with van der Waals surface area (Å²) in [5, 5.41) is 4.65. The van der Waals surface area contributed by atoms with Crippen molar-refractivity contribution in [1.29, 1.82) is 0 Å². The van der Waals surface area contributed by atoms with Crippen LogP contribution in [0.5, 0.6) is 11.5 Å². The van der Waals surface area contributed by atoms with Crippen LogP contribution in [-0.4, -0.2) is 0 Å². The van der Waals surface area contributed by atoms with Crippen molar-refractivity contribution in [2.45, 2.75) is 24.7 Å². The van der Waals surface area contributed by atoms with Gasteiger partial charge in [-0.2, -0.15) is 0 Å². The molecule has 2 aliphatic rings. The molecule has 0 spiro atoms. The van der Waals surface area contributed by atoms with Crippen molar-refractivity contribution in [2.24, 2.45) is 0 Å². The van der Waals surface area contributed by atoms with Crippen LogP contribution in [0.1, 0.15) is 47.2 Å². The van der Waals surface area contributed by atoms with E-state index in [1.54, 1.807) is 0 Å². The molecule has 0 unspecified atom stereocenters. The highest BCUT2D eigenvalue weighted by Crippen LogP contribution is 2.59. The standard InChI is InChI=1S/C66H47NO/c1-65(2)59-24-14-13-23-57(59)58-43-53(31-38-60(58)65)66(61-39-48-19-9-11-21-50(48)41-63(61)68-64-42-51-22-12-10-20-49(51)40-62(64)66)52-29-36-56(37-30-52)67(54-32-25-46(26-33-54)44-15-5-3-6-16-44)55-34-27-47(28-35-55)45-17-7-4-8-18-45/h3-43H,1-2H3. The largest absolute Gasteiger partial charge is 0.457 e. The molecule has 0 N–H and O–H groups in total. The normalized spacial score (nSPS) is 13.8. The molecule has 1 aliphatic heterocycles. The van der Waals surface area contributed by atoms with Gasteiger partial charge in [-0.15, -0.1) is 0 Å². The van der Waals surface area contributed by atoms with Gasteiger partial charge in [0, 0.05) is 33.6 Å². The van der Waals surface area contributed by atoms with E-state index in [-0.39, 0.29) is 5.41 Å². The Hall–Kier alpha value is -8.46. The molecule has 13 rings (SSSR count). The topological polar surface area (TPSA) is 12.5 Å². The van der Waals surface area contributed by atoms with Crippen molar-refractivity contribution in [3.05, 3.63) is 282 Å². The Kier molecular flexibility index (Phi) is 9.13. The van der Waals surface area contributed by atoms with Crippen LogP contribution < -0.4 is 9.64 Å². The number of rotatable bonds is 7. The lowest BCUT2D eigenvalue weighted by atomic mass is 9.62. The van der Waals surface area contributed by atoms with E-state index in [0.29, 0.717) is 0 Å². The van der Waals surface area contributed by atoms with Crippen molar-refractivity contribution >= 4 is 38.6 Å².